The van der Waals surface area contributed by atoms with Crippen LogP contribution in [0.2, 0.25) is 0 Å². The standard InChI is InChI=1S/C29H38N4O3/c1-2-36-29(35)25-6-3-5-24(21-25)23-9-11-27(12-10-23)31-15-13-30(14-16-31)22-28(34)33-19-17-32(18-20-33)26-7-4-8-26/h3,5-6,9-12,21,26H,2,4,7-8,13-20,22H2,1H3. The van der Waals surface area contributed by atoms with Crippen molar-refractivity contribution in [3.63, 3.8) is 0 Å². The van der Waals surface area contributed by atoms with E-state index in [0.717, 1.165) is 69.5 Å². The Kier molecular flexibility index (Phi) is 7.87. The van der Waals surface area contributed by atoms with E-state index in [-0.39, 0.29) is 11.9 Å². The summed E-state index contributed by atoms with van der Waals surface area (Å²) in [4.78, 5) is 34.3. The molecule has 0 N–H and O–H groups in total. The molecule has 1 saturated carbocycles. The Morgan fingerprint density at radius 3 is 2.22 bits per heavy atom. The summed E-state index contributed by atoms with van der Waals surface area (Å²) in [5.74, 6) is -0.00522. The monoisotopic (exact) mass is 490 g/mol. The fourth-order valence-corrected chi connectivity index (χ4v) is 5.45. The van der Waals surface area contributed by atoms with Gasteiger partial charge in [0.05, 0.1) is 18.7 Å². The highest BCUT2D eigenvalue weighted by Crippen LogP contribution is 2.26. The van der Waals surface area contributed by atoms with E-state index < -0.39 is 0 Å². The number of piperazine rings is 2. The van der Waals surface area contributed by atoms with Gasteiger partial charge in [-0.15, -0.1) is 0 Å². The van der Waals surface area contributed by atoms with Crippen LogP contribution < -0.4 is 4.90 Å². The number of carbonyl (C=O) groups is 2. The lowest BCUT2D eigenvalue weighted by Gasteiger charge is -2.43. The topological polar surface area (TPSA) is 56.3 Å². The Bertz CT molecular complexity index is 1040. The molecule has 2 aromatic rings. The largest absolute Gasteiger partial charge is 0.462 e. The first-order valence-corrected chi connectivity index (χ1v) is 13.5. The van der Waals surface area contributed by atoms with Crippen molar-refractivity contribution in [1.29, 1.82) is 0 Å². The number of anilines is 1. The summed E-state index contributed by atoms with van der Waals surface area (Å²) in [5.41, 5.74) is 3.85. The molecule has 0 aromatic heterocycles. The van der Waals surface area contributed by atoms with Crippen LogP contribution in [0.5, 0.6) is 0 Å². The van der Waals surface area contributed by atoms with Crippen LogP contribution in [-0.2, 0) is 9.53 Å². The van der Waals surface area contributed by atoms with Crippen molar-refractivity contribution in [2.24, 2.45) is 0 Å². The van der Waals surface area contributed by atoms with Crippen molar-refractivity contribution >= 4 is 17.6 Å². The number of carbonyl (C=O) groups excluding carboxylic acids is 2. The first-order chi connectivity index (χ1) is 17.6. The summed E-state index contributed by atoms with van der Waals surface area (Å²) in [6.45, 7) is 10.2. The van der Waals surface area contributed by atoms with E-state index in [1.54, 1.807) is 6.07 Å². The van der Waals surface area contributed by atoms with E-state index in [9.17, 15) is 9.59 Å². The molecule has 7 nitrogen and oxygen atoms in total. The van der Waals surface area contributed by atoms with Gasteiger partial charge in [-0.2, -0.15) is 0 Å². The van der Waals surface area contributed by atoms with Crippen LogP contribution in [0.4, 0.5) is 5.69 Å². The molecule has 3 fully saturated rings. The molecule has 1 amide bonds. The minimum Gasteiger partial charge on any atom is -0.462 e. The van der Waals surface area contributed by atoms with Gasteiger partial charge in [-0.05, 0) is 55.2 Å². The van der Waals surface area contributed by atoms with Crippen LogP contribution in [0.1, 0.15) is 36.5 Å². The Morgan fingerprint density at radius 1 is 0.861 bits per heavy atom. The highest BCUT2D eigenvalue weighted by Gasteiger charge is 2.30. The quantitative estimate of drug-likeness (QED) is 0.555. The number of benzene rings is 2. The summed E-state index contributed by atoms with van der Waals surface area (Å²) in [5, 5.41) is 0. The van der Waals surface area contributed by atoms with Gasteiger partial charge in [0.1, 0.15) is 0 Å². The van der Waals surface area contributed by atoms with Gasteiger partial charge in [0.25, 0.3) is 0 Å². The molecule has 2 aromatic carbocycles. The van der Waals surface area contributed by atoms with Gasteiger partial charge >= 0.3 is 5.97 Å². The van der Waals surface area contributed by atoms with Gasteiger partial charge in [0.2, 0.25) is 5.91 Å². The van der Waals surface area contributed by atoms with Crippen LogP contribution in [-0.4, -0.2) is 98.1 Å². The third kappa shape index (κ3) is 5.73. The Labute approximate surface area is 214 Å². The average molecular weight is 491 g/mol. The zero-order valence-corrected chi connectivity index (χ0v) is 21.4. The van der Waals surface area contributed by atoms with Crippen molar-refractivity contribution in [3.05, 3.63) is 54.1 Å². The second-order valence-electron chi connectivity index (χ2n) is 10.1. The number of hydrogen-bond donors (Lipinski definition) is 0. The SMILES string of the molecule is CCOC(=O)c1cccc(-c2ccc(N3CCN(CC(=O)N4CCN(C5CCC5)CC4)CC3)cc2)c1. The minimum absolute atomic E-state index is 0.283. The van der Waals surface area contributed by atoms with E-state index in [1.165, 1.54) is 24.9 Å². The van der Waals surface area contributed by atoms with Crippen LogP contribution in [0.25, 0.3) is 11.1 Å². The fraction of sp³-hybridized carbons (Fsp3) is 0.517. The molecule has 5 rings (SSSR count). The summed E-state index contributed by atoms with van der Waals surface area (Å²) in [6.07, 6.45) is 4.04. The second kappa shape index (κ2) is 11.4. The lowest BCUT2D eigenvalue weighted by atomic mass is 9.91. The lowest BCUT2D eigenvalue weighted by molar-refractivity contribution is -0.134. The van der Waals surface area contributed by atoms with E-state index in [1.807, 2.05) is 25.1 Å². The fourth-order valence-electron chi connectivity index (χ4n) is 5.45. The molecule has 3 aliphatic rings. The van der Waals surface area contributed by atoms with Crippen molar-refractivity contribution < 1.29 is 14.3 Å². The minimum atomic E-state index is -0.289. The van der Waals surface area contributed by atoms with Crippen molar-refractivity contribution in [1.82, 2.24) is 14.7 Å². The van der Waals surface area contributed by atoms with Gasteiger partial charge in [0, 0.05) is 64.1 Å². The number of rotatable bonds is 7. The third-order valence-electron chi connectivity index (χ3n) is 7.93. The molecule has 36 heavy (non-hydrogen) atoms. The molecule has 1 aliphatic carbocycles. The Hall–Kier alpha value is -2.90. The predicted molar refractivity (Wildman–Crippen MR) is 142 cm³/mol. The third-order valence-corrected chi connectivity index (χ3v) is 7.93. The molecule has 2 heterocycles. The molecule has 0 atom stereocenters. The molecule has 2 aliphatic heterocycles. The molecule has 0 bridgehead atoms. The van der Waals surface area contributed by atoms with E-state index in [4.69, 9.17) is 4.74 Å². The maximum absolute atomic E-state index is 12.9. The zero-order chi connectivity index (χ0) is 24.9. The van der Waals surface area contributed by atoms with Crippen molar-refractivity contribution in [2.75, 3.05) is 70.4 Å². The van der Waals surface area contributed by atoms with Gasteiger partial charge in [-0.3, -0.25) is 14.6 Å². The van der Waals surface area contributed by atoms with Crippen molar-refractivity contribution in [2.45, 2.75) is 32.2 Å². The molecule has 0 unspecified atom stereocenters. The first-order valence-electron chi connectivity index (χ1n) is 13.5. The predicted octanol–water partition coefficient (Wildman–Crippen LogP) is 3.35. The molecular formula is C29H38N4O3. The van der Waals surface area contributed by atoms with Gasteiger partial charge in [0.15, 0.2) is 0 Å². The molecule has 0 radical (unpaired) electrons. The molecule has 2 saturated heterocycles. The van der Waals surface area contributed by atoms with E-state index >= 15 is 0 Å². The summed E-state index contributed by atoms with van der Waals surface area (Å²) in [6, 6.07) is 16.9. The van der Waals surface area contributed by atoms with E-state index in [0.29, 0.717) is 18.7 Å². The van der Waals surface area contributed by atoms with Gasteiger partial charge in [-0.25, -0.2) is 4.79 Å². The number of amides is 1. The highest BCUT2D eigenvalue weighted by molar-refractivity contribution is 5.91. The molecular weight excluding hydrogens is 452 g/mol. The Morgan fingerprint density at radius 2 is 1.58 bits per heavy atom. The maximum atomic E-state index is 12.9. The average Bonchev–Trinajstić information content (AvgIpc) is 2.89. The summed E-state index contributed by atoms with van der Waals surface area (Å²) < 4.78 is 5.13. The van der Waals surface area contributed by atoms with Crippen LogP contribution in [0.15, 0.2) is 48.5 Å². The second-order valence-corrected chi connectivity index (χ2v) is 10.1. The summed E-state index contributed by atoms with van der Waals surface area (Å²) >= 11 is 0. The number of esters is 1. The van der Waals surface area contributed by atoms with Gasteiger partial charge < -0.3 is 14.5 Å². The molecule has 0 spiro atoms. The van der Waals surface area contributed by atoms with Crippen LogP contribution in [0, 0.1) is 0 Å². The number of nitrogens with zero attached hydrogens (tertiary/aromatic N) is 4. The number of ether oxygens (including phenoxy) is 1. The maximum Gasteiger partial charge on any atom is 0.338 e. The zero-order valence-electron chi connectivity index (χ0n) is 21.4. The van der Waals surface area contributed by atoms with Crippen molar-refractivity contribution in [3.8, 4) is 11.1 Å². The molecule has 192 valence electrons. The normalized spacial score (nSPS) is 19.7. The van der Waals surface area contributed by atoms with Gasteiger partial charge in [-0.1, -0.05) is 30.7 Å². The smallest absolute Gasteiger partial charge is 0.338 e. The number of hydrogen-bond acceptors (Lipinski definition) is 6. The molecule has 7 heteroatoms. The van der Waals surface area contributed by atoms with E-state index in [2.05, 4.69) is 43.9 Å². The Balaban J connectivity index is 1.09. The van der Waals surface area contributed by atoms with Crippen LogP contribution >= 0.6 is 0 Å². The lowest BCUT2D eigenvalue weighted by Crippen LogP contribution is -2.56. The summed E-state index contributed by atoms with van der Waals surface area (Å²) in [7, 11) is 0. The highest BCUT2D eigenvalue weighted by atomic mass is 16.5. The first kappa shape index (κ1) is 24.8. The van der Waals surface area contributed by atoms with Crippen LogP contribution in [0.3, 0.4) is 0 Å².